The fraction of sp³-hybridized carbons (Fsp3) is 0.300. The van der Waals surface area contributed by atoms with Gasteiger partial charge in [0.2, 0.25) is 0 Å². The van der Waals surface area contributed by atoms with E-state index in [0.717, 1.165) is 48.4 Å². The van der Waals surface area contributed by atoms with Gasteiger partial charge in [0, 0.05) is 6.04 Å². The molecule has 1 aliphatic heterocycles. The van der Waals surface area contributed by atoms with Crippen LogP contribution in [0.3, 0.4) is 0 Å². The predicted octanol–water partition coefficient (Wildman–Crippen LogP) is 6.37. The molecule has 0 unspecified atom stereocenters. The minimum Gasteiger partial charge on any atom is -0.490 e. The highest BCUT2D eigenvalue weighted by Crippen LogP contribution is 2.38. The number of fused-ring (bicyclic) bond motifs is 1. The average Bonchev–Trinajstić information content (AvgIpc) is 2.91. The second-order valence-electron chi connectivity index (χ2n) is 9.52. The lowest BCUT2D eigenvalue weighted by Gasteiger charge is -2.35. The van der Waals surface area contributed by atoms with Gasteiger partial charge in [0.05, 0.1) is 11.1 Å². The van der Waals surface area contributed by atoms with E-state index in [2.05, 4.69) is 45.5 Å². The molecule has 0 radical (unpaired) electrons. The zero-order valence-corrected chi connectivity index (χ0v) is 22.8. The fourth-order valence-electron chi connectivity index (χ4n) is 5.07. The number of amides is 4. The number of hydrogen-bond donors (Lipinski definition) is 1. The first-order valence-electron chi connectivity index (χ1n) is 12.9. The summed E-state index contributed by atoms with van der Waals surface area (Å²) in [6.45, 7) is 2.61. The van der Waals surface area contributed by atoms with Crippen LogP contribution < -0.4 is 14.8 Å². The van der Waals surface area contributed by atoms with E-state index in [0.29, 0.717) is 34.7 Å². The van der Waals surface area contributed by atoms with Crippen molar-refractivity contribution in [1.29, 1.82) is 0 Å². The van der Waals surface area contributed by atoms with Gasteiger partial charge in [-0.1, -0.05) is 55.7 Å². The van der Waals surface area contributed by atoms with Crippen LogP contribution in [0.2, 0.25) is 0 Å². The SMILES string of the molecule is CCOc1cc(C=C2C(=O)NC(=O)N(C3CCCCC3)C2=O)cc(Br)c1OCc1ccc2ccccc2c1. The molecule has 2 aliphatic rings. The Hall–Kier alpha value is -3.65. The van der Waals surface area contributed by atoms with Crippen molar-refractivity contribution in [2.24, 2.45) is 0 Å². The number of rotatable bonds is 7. The zero-order chi connectivity index (χ0) is 26.6. The van der Waals surface area contributed by atoms with E-state index in [1.165, 1.54) is 11.0 Å². The van der Waals surface area contributed by atoms with E-state index in [1.54, 1.807) is 12.1 Å². The van der Waals surface area contributed by atoms with Crippen molar-refractivity contribution in [3.05, 3.63) is 75.8 Å². The molecule has 0 atom stereocenters. The average molecular weight is 577 g/mol. The number of halogens is 1. The van der Waals surface area contributed by atoms with Gasteiger partial charge >= 0.3 is 6.03 Å². The highest BCUT2D eigenvalue weighted by molar-refractivity contribution is 9.10. The van der Waals surface area contributed by atoms with Gasteiger partial charge in [-0.3, -0.25) is 19.8 Å². The molecule has 196 valence electrons. The van der Waals surface area contributed by atoms with Crippen molar-refractivity contribution in [3.63, 3.8) is 0 Å². The molecule has 1 N–H and O–H groups in total. The molecule has 1 heterocycles. The summed E-state index contributed by atoms with van der Waals surface area (Å²) >= 11 is 3.58. The van der Waals surface area contributed by atoms with E-state index >= 15 is 0 Å². The first-order chi connectivity index (χ1) is 18.4. The Morgan fingerprint density at radius 3 is 2.50 bits per heavy atom. The van der Waals surface area contributed by atoms with Crippen LogP contribution in [0.15, 0.2) is 64.6 Å². The molecule has 0 spiro atoms. The Morgan fingerprint density at radius 2 is 1.74 bits per heavy atom. The maximum Gasteiger partial charge on any atom is 0.331 e. The Bertz CT molecular complexity index is 1430. The number of ether oxygens (including phenoxy) is 2. The summed E-state index contributed by atoms with van der Waals surface area (Å²) in [6.07, 6.45) is 6.01. The molecular weight excluding hydrogens is 548 g/mol. The topological polar surface area (TPSA) is 84.9 Å². The highest BCUT2D eigenvalue weighted by Gasteiger charge is 2.40. The minimum absolute atomic E-state index is 0.0747. The lowest BCUT2D eigenvalue weighted by Crippen LogP contribution is -2.58. The largest absolute Gasteiger partial charge is 0.490 e. The van der Waals surface area contributed by atoms with E-state index in [4.69, 9.17) is 9.47 Å². The molecule has 0 bridgehead atoms. The Kier molecular flexibility index (Phi) is 7.79. The monoisotopic (exact) mass is 576 g/mol. The van der Waals surface area contributed by atoms with Crippen molar-refractivity contribution < 1.29 is 23.9 Å². The summed E-state index contributed by atoms with van der Waals surface area (Å²) < 4.78 is 12.6. The van der Waals surface area contributed by atoms with Crippen LogP contribution in [0.4, 0.5) is 4.79 Å². The van der Waals surface area contributed by atoms with E-state index < -0.39 is 17.8 Å². The van der Waals surface area contributed by atoms with Gasteiger partial charge in [0.25, 0.3) is 11.8 Å². The summed E-state index contributed by atoms with van der Waals surface area (Å²) in [7, 11) is 0. The summed E-state index contributed by atoms with van der Waals surface area (Å²) in [5, 5.41) is 4.63. The molecule has 1 aliphatic carbocycles. The maximum atomic E-state index is 13.3. The van der Waals surface area contributed by atoms with Crippen molar-refractivity contribution >= 4 is 50.6 Å². The van der Waals surface area contributed by atoms with Gasteiger partial charge < -0.3 is 9.47 Å². The second-order valence-corrected chi connectivity index (χ2v) is 10.4. The van der Waals surface area contributed by atoms with Crippen LogP contribution in [0, 0.1) is 0 Å². The lowest BCUT2D eigenvalue weighted by atomic mass is 9.93. The zero-order valence-electron chi connectivity index (χ0n) is 21.2. The maximum absolute atomic E-state index is 13.3. The van der Waals surface area contributed by atoms with Crippen LogP contribution in [-0.4, -0.2) is 35.4 Å². The highest BCUT2D eigenvalue weighted by atomic mass is 79.9. The summed E-state index contributed by atoms with van der Waals surface area (Å²) in [4.78, 5) is 39.6. The number of carbonyl (C=O) groups is 3. The summed E-state index contributed by atoms with van der Waals surface area (Å²) in [5.74, 6) is -0.242. The van der Waals surface area contributed by atoms with Gasteiger partial charge in [0.1, 0.15) is 12.2 Å². The van der Waals surface area contributed by atoms with Gasteiger partial charge in [-0.2, -0.15) is 0 Å². The molecule has 0 aromatic heterocycles. The van der Waals surface area contributed by atoms with Crippen LogP contribution in [0.5, 0.6) is 11.5 Å². The molecule has 5 rings (SSSR count). The van der Waals surface area contributed by atoms with Crippen LogP contribution in [0.1, 0.15) is 50.2 Å². The number of nitrogens with one attached hydrogen (secondary N) is 1. The summed E-state index contributed by atoms with van der Waals surface area (Å²) in [5.41, 5.74) is 1.52. The number of benzene rings is 3. The van der Waals surface area contributed by atoms with Crippen LogP contribution in [0.25, 0.3) is 16.8 Å². The normalized spacial score (nSPS) is 17.7. The van der Waals surface area contributed by atoms with Crippen LogP contribution in [-0.2, 0) is 16.2 Å². The number of barbiturate groups is 1. The Morgan fingerprint density at radius 1 is 0.974 bits per heavy atom. The third kappa shape index (κ3) is 5.45. The third-order valence-corrected chi connectivity index (χ3v) is 7.50. The van der Waals surface area contributed by atoms with Gasteiger partial charge in [-0.15, -0.1) is 0 Å². The van der Waals surface area contributed by atoms with Crippen molar-refractivity contribution in [3.8, 4) is 11.5 Å². The van der Waals surface area contributed by atoms with Crippen molar-refractivity contribution in [2.75, 3.05) is 6.61 Å². The number of imide groups is 2. The summed E-state index contributed by atoms with van der Waals surface area (Å²) in [6, 6.07) is 17.0. The number of hydrogen-bond acceptors (Lipinski definition) is 5. The van der Waals surface area contributed by atoms with E-state index in [1.807, 2.05) is 25.1 Å². The first kappa shape index (κ1) is 26.0. The Labute approximate surface area is 229 Å². The van der Waals surface area contributed by atoms with Crippen molar-refractivity contribution in [1.82, 2.24) is 10.2 Å². The molecule has 4 amide bonds. The number of carbonyl (C=O) groups excluding carboxylic acids is 3. The Balaban J connectivity index is 1.41. The van der Waals surface area contributed by atoms with Crippen LogP contribution >= 0.6 is 15.9 Å². The third-order valence-electron chi connectivity index (χ3n) is 6.91. The molecule has 3 aromatic carbocycles. The molecule has 2 fully saturated rings. The van der Waals surface area contributed by atoms with Gasteiger partial charge in [-0.05, 0) is 81.9 Å². The van der Waals surface area contributed by atoms with E-state index in [-0.39, 0.29) is 11.6 Å². The number of nitrogens with zero attached hydrogens (tertiary/aromatic N) is 1. The smallest absolute Gasteiger partial charge is 0.331 e. The fourth-order valence-corrected chi connectivity index (χ4v) is 5.64. The van der Waals surface area contributed by atoms with E-state index in [9.17, 15) is 14.4 Å². The van der Waals surface area contributed by atoms with Crippen molar-refractivity contribution in [2.45, 2.75) is 51.7 Å². The molecule has 8 heteroatoms. The van der Waals surface area contributed by atoms with Gasteiger partial charge in [-0.25, -0.2) is 4.79 Å². The minimum atomic E-state index is -0.697. The molecule has 38 heavy (non-hydrogen) atoms. The first-order valence-corrected chi connectivity index (χ1v) is 13.7. The standard InChI is InChI=1S/C30H29BrN2O5/c1-2-37-26-17-20(15-24-28(34)32-30(36)33(29(24)35)23-10-4-3-5-11-23)16-25(31)27(26)38-18-19-12-13-21-8-6-7-9-22(21)14-19/h6-9,12-17,23H,2-5,10-11,18H2,1H3,(H,32,34,36). The molecule has 3 aromatic rings. The molecular formula is C30H29BrN2O5. The van der Waals surface area contributed by atoms with Gasteiger partial charge in [0.15, 0.2) is 11.5 Å². The molecule has 1 saturated carbocycles. The number of urea groups is 1. The molecule has 7 nitrogen and oxygen atoms in total. The quantitative estimate of drug-likeness (QED) is 0.261. The second kappa shape index (κ2) is 11.4. The predicted molar refractivity (Wildman–Crippen MR) is 149 cm³/mol. The molecule has 1 saturated heterocycles. The lowest BCUT2D eigenvalue weighted by molar-refractivity contribution is -0.132.